The van der Waals surface area contributed by atoms with Crippen LogP contribution in [-0.4, -0.2) is 10.9 Å². The van der Waals surface area contributed by atoms with Crippen molar-refractivity contribution in [2.24, 2.45) is 0 Å². The number of hydrogen-bond donors (Lipinski definition) is 1. The van der Waals surface area contributed by atoms with Crippen molar-refractivity contribution in [1.29, 1.82) is 0 Å². The monoisotopic (exact) mass is 326 g/mol. The van der Waals surface area contributed by atoms with Gasteiger partial charge in [0, 0.05) is 17.1 Å². The first kappa shape index (κ1) is 16.1. The van der Waals surface area contributed by atoms with Crippen LogP contribution in [0, 0.1) is 11.6 Å². The number of fused-ring (bicyclic) bond motifs is 1. The summed E-state index contributed by atoms with van der Waals surface area (Å²) in [6.07, 6.45) is 0. The van der Waals surface area contributed by atoms with E-state index >= 15 is 0 Å². The Morgan fingerprint density at radius 2 is 1.83 bits per heavy atom. The second-order valence-electron chi connectivity index (χ2n) is 5.84. The molecule has 0 saturated carbocycles. The van der Waals surface area contributed by atoms with Crippen LogP contribution in [0.1, 0.15) is 35.8 Å². The molecule has 1 N–H and O–H groups in total. The summed E-state index contributed by atoms with van der Waals surface area (Å²) in [5, 5.41) is 3.11. The number of rotatable bonds is 3. The molecule has 3 nitrogen and oxygen atoms in total. The van der Waals surface area contributed by atoms with E-state index in [2.05, 4.69) is 10.3 Å². The summed E-state index contributed by atoms with van der Waals surface area (Å²) in [7, 11) is 0. The van der Waals surface area contributed by atoms with Crippen molar-refractivity contribution in [3.8, 4) is 0 Å². The smallest absolute Gasteiger partial charge is 0.256 e. The number of aromatic nitrogens is 1. The molecule has 3 rings (SSSR count). The first-order chi connectivity index (χ1) is 11.5. The Bertz CT molecular complexity index is 922. The molecular weight excluding hydrogens is 310 g/mol. The predicted molar refractivity (Wildman–Crippen MR) is 90.1 cm³/mol. The van der Waals surface area contributed by atoms with Gasteiger partial charge in [-0.1, -0.05) is 32.0 Å². The summed E-state index contributed by atoms with van der Waals surface area (Å²) in [6, 6.07) is 11.9. The first-order valence-electron chi connectivity index (χ1n) is 7.62. The molecule has 0 atom stereocenters. The number of anilines is 1. The van der Waals surface area contributed by atoms with Crippen LogP contribution in [0.15, 0.2) is 48.5 Å². The Kier molecular flexibility index (Phi) is 4.25. The van der Waals surface area contributed by atoms with Crippen LogP contribution < -0.4 is 5.32 Å². The molecule has 0 saturated heterocycles. The van der Waals surface area contributed by atoms with Gasteiger partial charge in [0.05, 0.1) is 16.8 Å². The lowest BCUT2D eigenvalue weighted by Gasteiger charge is -2.12. The van der Waals surface area contributed by atoms with E-state index in [9.17, 15) is 13.6 Å². The molecule has 1 amide bonds. The van der Waals surface area contributed by atoms with Crippen molar-refractivity contribution in [1.82, 2.24) is 4.98 Å². The van der Waals surface area contributed by atoms with Gasteiger partial charge in [-0.15, -0.1) is 0 Å². The minimum absolute atomic E-state index is 0.132. The zero-order chi connectivity index (χ0) is 17.3. The average molecular weight is 326 g/mol. The maximum atomic E-state index is 13.8. The Balaban J connectivity index is 2.07. The lowest BCUT2D eigenvalue weighted by atomic mass is 10.0. The SMILES string of the molecule is CC(C)c1cc(C(=O)Nc2cc(F)ccc2F)c2ccccc2n1. The maximum Gasteiger partial charge on any atom is 0.256 e. The van der Waals surface area contributed by atoms with Crippen molar-refractivity contribution in [2.75, 3.05) is 5.32 Å². The molecule has 1 aromatic heterocycles. The summed E-state index contributed by atoms with van der Waals surface area (Å²) in [4.78, 5) is 17.2. The fraction of sp³-hybridized carbons (Fsp3) is 0.158. The van der Waals surface area contributed by atoms with Gasteiger partial charge in [0.15, 0.2) is 0 Å². The average Bonchev–Trinajstić information content (AvgIpc) is 2.57. The summed E-state index contributed by atoms with van der Waals surface area (Å²) in [5.41, 5.74) is 1.65. The van der Waals surface area contributed by atoms with E-state index in [1.54, 1.807) is 18.2 Å². The Hall–Kier alpha value is -2.82. The minimum atomic E-state index is -0.688. The lowest BCUT2D eigenvalue weighted by molar-refractivity contribution is 0.102. The Labute approximate surface area is 138 Å². The molecule has 0 aliphatic carbocycles. The van der Waals surface area contributed by atoms with Gasteiger partial charge in [-0.3, -0.25) is 9.78 Å². The summed E-state index contributed by atoms with van der Waals surface area (Å²) in [6.45, 7) is 3.95. The van der Waals surface area contributed by atoms with Gasteiger partial charge in [0.1, 0.15) is 11.6 Å². The summed E-state index contributed by atoms with van der Waals surface area (Å²) < 4.78 is 27.1. The van der Waals surface area contributed by atoms with Gasteiger partial charge in [0.2, 0.25) is 0 Å². The zero-order valence-corrected chi connectivity index (χ0v) is 13.3. The third-order valence-corrected chi connectivity index (χ3v) is 3.75. The molecule has 0 fully saturated rings. The number of nitrogens with one attached hydrogen (secondary N) is 1. The topological polar surface area (TPSA) is 42.0 Å². The predicted octanol–water partition coefficient (Wildman–Crippen LogP) is 4.89. The quantitative estimate of drug-likeness (QED) is 0.744. The van der Waals surface area contributed by atoms with Crippen molar-refractivity contribution < 1.29 is 13.6 Å². The number of pyridine rings is 1. The normalized spacial score (nSPS) is 11.0. The van der Waals surface area contributed by atoms with Gasteiger partial charge < -0.3 is 5.32 Å². The maximum absolute atomic E-state index is 13.8. The Morgan fingerprint density at radius 1 is 1.08 bits per heavy atom. The van der Waals surface area contributed by atoms with Gasteiger partial charge in [-0.05, 0) is 30.2 Å². The van der Waals surface area contributed by atoms with Crippen LogP contribution in [0.3, 0.4) is 0 Å². The highest BCUT2D eigenvalue weighted by molar-refractivity contribution is 6.12. The fourth-order valence-electron chi connectivity index (χ4n) is 2.46. The molecule has 0 unspecified atom stereocenters. The zero-order valence-electron chi connectivity index (χ0n) is 13.3. The van der Waals surface area contributed by atoms with E-state index in [4.69, 9.17) is 0 Å². The first-order valence-corrected chi connectivity index (χ1v) is 7.62. The third-order valence-electron chi connectivity index (χ3n) is 3.75. The van der Waals surface area contributed by atoms with E-state index < -0.39 is 17.5 Å². The van der Waals surface area contributed by atoms with Crippen molar-refractivity contribution in [2.45, 2.75) is 19.8 Å². The molecule has 0 aliphatic rings. The number of carbonyl (C=O) groups excluding carboxylic acids is 1. The van der Waals surface area contributed by atoms with Crippen LogP contribution in [0.2, 0.25) is 0 Å². The van der Waals surface area contributed by atoms with Crippen LogP contribution in [-0.2, 0) is 0 Å². The van der Waals surface area contributed by atoms with E-state index in [1.807, 2.05) is 26.0 Å². The third kappa shape index (κ3) is 3.11. The van der Waals surface area contributed by atoms with Crippen LogP contribution in [0.4, 0.5) is 14.5 Å². The van der Waals surface area contributed by atoms with Crippen LogP contribution >= 0.6 is 0 Å². The second-order valence-corrected chi connectivity index (χ2v) is 5.84. The fourth-order valence-corrected chi connectivity index (χ4v) is 2.46. The van der Waals surface area contributed by atoms with Crippen molar-refractivity contribution in [3.63, 3.8) is 0 Å². The van der Waals surface area contributed by atoms with E-state index in [-0.39, 0.29) is 11.6 Å². The molecule has 24 heavy (non-hydrogen) atoms. The van der Waals surface area contributed by atoms with Gasteiger partial charge in [-0.2, -0.15) is 0 Å². The molecule has 0 radical (unpaired) electrons. The summed E-state index contributed by atoms with van der Waals surface area (Å²) >= 11 is 0. The molecule has 2 aromatic carbocycles. The number of para-hydroxylation sites is 1. The number of carbonyl (C=O) groups is 1. The van der Waals surface area contributed by atoms with Gasteiger partial charge >= 0.3 is 0 Å². The molecule has 0 spiro atoms. The van der Waals surface area contributed by atoms with Crippen LogP contribution in [0.25, 0.3) is 10.9 Å². The molecule has 0 bridgehead atoms. The molecule has 122 valence electrons. The Morgan fingerprint density at radius 3 is 2.58 bits per heavy atom. The highest BCUT2D eigenvalue weighted by Crippen LogP contribution is 2.24. The number of amides is 1. The molecule has 5 heteroatoms. The van der Waals surface area contributed by atoms with Gasteiger partial charge in [-0.25, -0.2) is 8.78 Å². The van der Waals surface area contributed by atoms with E-state index in [1.165, 1.54) is 0 Å². The molecule has 1 heterocycles. The highest BCUT2D eigenvalue weighted by Gasteiger charge is 2.16. The standard InChI is InChI=1S/C19H16F2N2O/c1-11(2)17-10-14(13-5-3-4-6-16(13)22-17)19(24)23-18-9-12(20)7-8-15(18)21/h3-11H,1-2H3,(H,23,24). The van der Waals surface area contributed by atoms with Crippen LogP contribution in [0.5, 0.6) is 0 Å². The summed E-state index contributed by atoms with van der Waals surface area (Å²) in [5.74, 6) is -1.67. The largest absolute Gasteiger partial charge is 0.319 e. The molecular formula is C19H16F2N2O. The van der Waals surface area contributed by atoms with E-state index in [0.717, 1.165) is 23.9 Å². The number of halogens is 2. The lowest BCUT2D eigenvalue weighted by Crippen LogP contribution is -2.15. The van der Waals surface area contributed by atoms with E-state index in [0.29, 0.717) is 16.5 Å². The number of nitrogens with zero attached hydrogens (tertiary/aromatic N) is 1. The molecule has 0 aliphatic heterocycles. The highest BCUT2D eigenvalue weighted by atomic mass is 19.1. The minimum Gasteiger partial charge on any atom is -0.319 e. The number of benzene rings is 2. The number of hydrogen-bond acceptors (Lipinski definition) is 2. The van der Waals surface area contributed by atoms with Crippen molar-refractivity contribution in [3.05, 3.63) is 71.4 Å². The van der Waals surface area contributed by atoms with Gasteiger partial charge in [0.25, 0.3) is 5.91 Å². The molecule has 3 aromatic rings. The second kappa shape index (κ2) is 6.35. The van der Waals surface area contributed by atoms with Crippen molar-refractivity contribution >= 4 is 22.5 Å².